The van der Waals surface area contributed by atoms with Crippen LogP contribution in [-0.4, -0.2) is 83.2 Å². The van der Waals surface area contributed by atoms with Crippen LogP contribution in [-0.2, 0) is 14.3 Å². The number of pyridine rings is 1. The summed E-state index contributed by atoms with van der Waals surface area (Å²) in [5.41, 5.74) is 0.106. The number of fused-ring (bicyclic) bond motifs is 1. The number of amides is 1. The Hall–Kier alpha value is -1.39. The van der Waals surface area contributed by atoms with Crippen LogP contribution < -0.4 is 4.90 Å². The number of alkyl halides is 1. The normalized spacial score (nSPS) is 25.7. The molecule has 0 aliphatic carbocycles. The van der Waals surface area contributed by atoms with Crippen LogP contribution in [0, 0.1) is 5.92 Å². The molecule has 0 bridgehead atoms. The van der Waals surface area contributed by atoms with Gasteiger partial charge in [0, 0.05) is 48.5 Å². The minimum Gasteiger partial charge on any atom is -0.380 e. The van der Waals surface area contributed by atoms with Crippen LogP contribution >= 0.6 is 27.9 Å². The number of allylic oxidation sites excluding steroid dienone is 3. The van der Waals surface area contributed by atoms with Crippen LogP contribution in [0.2, 0.25) is 0 Å². The van der Waals surface area contributed by atoms with E-state index in [0.29, 0.717) is 32.2 Å². The predicted molar refractivity (Wildman–Crippen MR) is 141 cm³/mol. The summed E-state index contributed by atoms with van der Waals surface area (Å²) >= 11 is 5.10. The van der Waals surface area contributed by atoms with Crippen LogP contribution in [0.3, 0.4) is 0 Å². The summed E-state index contributed by atoms with van der Waals surface area (Å²) in [7, 11) is 1.69. The first-order valence-electron chi connectivity index (χ1n) is 11.9. The summed E-state index contributed by atoms with van der Waals surface area (Å²) in [6, 6.07) is 4.10. The van der Waals surface area contributed by atoms with Crippen molar-refractivity contribution in [2.24, 2.45) is 5.92 Å². The lowest BCUT2D eigenvalue weighted by atomic mass is 9.91. The highest BCUT2D eigenvalue weighted by Gasteiger charge is 2.59. The second kappa shape index (κ2) is 11.1. The lowest BCUT2D eigenvalue weighted by molar-refractivity contribution is -0.193. The van der Waals surface area contributed by atoms with Gasteiger partial charge in [0.15, 0.2) is 5.72 Å². The lowest BCUT2D eigenvalue weighted by Crippen LogP contribution is -2.63. The van der Waals surface area contributed by atoms with Gasteiger partial charge in [-0.2, -0.15) is 0 Å². The van der Waals surface area contributed by atoms with Crippen molar-refractivity contribution in [3.8, 4) is 0 Å². The van der Waals surface area contributed by atoms with Gasteiger partial charge in [0.05, 0.1) is 31.8 Å². The van der Waals surface area contributed by atoms with Gasteiger partial charge >= 0.3 is 0 Å². The largest absolute Gasteiger partial charge is 0.380 e. The van der Waals surface area contributed by atoms with Crippen LogP contribution in [0.25, 0.3) is 0 Å². The van der Waals surface area contributed by atoms with Gasteiger partial charge in [-0.05, 0) is 42.8 Å². The molecule has 1 atom stereocenters. The molecule has 1 aromatic rings. The predicted octanol–water partition coefficient (Wildman–Crippen LogP) is 4.08. The van der Waals surface area contributed by atoms with E-state index in [2.05, 4.69) is 62.2 Å². The number of anilines is 1. The molecule has 3 saturated heterocycles. The number of carbonyl (C=O) groups is 1. The number of ether oxygens (including phenoxy) is 2. The van der Waals surface area contributed by atoms with E-state index in [9.17, 15) is 4.79 Å². The maximum Gasteiger partial charge on any atom is 0.240 e. The maximum atomic E-state index is 13.4. The first-order chi connectivity index (χ1) is 16.4. The van der Waals surface area contributed by atoms with Crippen molar-refractivity contribution in [1.29, 1.82) is 0 Å². The van der Waals surface area contributed by atoms with E-state index in [4.69, 9.17) is 9.47 Å². The monoisotopic (exact) mass is 550 g/mol. The average Bonchev–Trinajstić information content (AvgIpc) is 3.12. The van der Waals surface area contributed by atoms with Gasteiger partial charge < -0.3 is 19.3 Å². The van der Waals surface area contributed by atoms with Crippen molar-refractivity contribution in [2.45, 2.75) is 38.0 Å². The maximum absolute atomic E-state index is 13.4. The Morgan fingerprint density at radius 2 is 2.03 bits per heavy atom. The van der Waals surface area contributed by atoms with E-state index in [1.807, 2.05) is 29.4 Å². The van der Waals surface area contributed by atoms with Crippen molar-refractivity contribution in [1.82, 2.24) is 14.2 Å². The first kappa shape index (κ1) is 25.7. The summed E-state index contributed by atoms with van der Waals surface area (Å²) in [4.78, 5) is 23.0. The molecule has 3 fully saturated rings. The Bertz CT molecular complexity index is 905. The summed E-state index contributed by atoms with van der Waals surface area (Å²) in [6.07, 6.45) is 11.9. The second-order valence-corrected chi connectivity index (χ2v) is 11.4. The van der Waals surface area contributed by atoms with Crippen molar-refractivity contribution in [3.05, 3.63) is 47.7 Å². The van der Waals surface area contributed by atoms with Crippen LogP contribution in [0.15, 0.2) is 47.7 Å². The lowest BCUT2D eigenvalue weighted by Gasteiger charge is -2.45. The Balaban J connectivity index is 1.50. The molecule has 1 unspecified atom stereocenters. The van der Waals surface area contributed by atoms with Gasteiger partial charge in [0.25, 0.3) is 0 Å². The van der Waals surface area contributed by atoms with E-state index >= 15 is 0 Å². The standard InChI is InChI=1S/C25H35BrN4O3S/c1-20(2)15-22(5-4-10-26)34-29-16-23(31)30-17-24(33-25(30,18-29)19-32-3)8-13-28(14-9-24)21-6-11-27-12-7-21/h4-7,11-12,15,20H,8-10,13-14,16-19H2,1-3H3/b5-4-,22-15+. The van der Waals surface area contributed by atoms with Crippen molar-refractivity contribution in [3.63, 3.8) is 0 Å². The molecule has 1 aromatic heterocycles. The third kappa shape index (κ3) is 5.70. The number of nitrogens with zero attached hydrogens (tertiary/aromatic N) is 4. The summed E-state index contributed by atoms with van der Waals surface area (Å²) in [6.45, 7) is 8.11. The molecular weight excluding hydrogens is 516 g/mol. The van der Waals surface area contributed by atoms with E-state index in [0.717, 1.165) is 36.2 Å². The second-order valence-electron chi connectivity index (χ2n) is 9.60. The zero-order chi connectivity index (χ0) is 24.2. The molecule has 4 heterocycles. The summed E-state index contributed by atoms with van der Waals surface area (Å²) in [5.74, 6) is 0.529. The van der Waals surface area contributed by atoms with Crippen molar-refractivity contribution < 1.29 is 14.3 Å². The molecule has 0 aromatic carbocycles. The van der Waals surface area contributed by atoms with Crippen LogP contribution in [0.1, 0.15) is 26.7 Å². The molecule has 1 spiro atoms. The molecule has 186 valence electrons. The minimum absolute atomic E-state index is 0.109. The van der Waals surface area contributed by atoms with Gasteiger partial charge in [0.2, 0.25) is 5.91 Å². The fourth-order valence-corrected chi connectivity index (χ4v) is 6.53. The zero-order valence-electron chi connectivity index (χ0n) is 20.3. The number of methoxy groups -OCH3 is 1. The smallest absolute Gasteiger partial charge is 0.240 e. The molecule has 3 aliphatic heterocycles. The summed E-state index contributed by atoms with van der Waals surface area (Å²) in [5, 5.41) is 0.797. The molecule has 1 amide bonds. The SMILES string of the molecule is COCC12CN(SC(/C=C\CBr)=C/C(C)C)CC(=O)N1CC1(CCN(c3ccncc3)CC1)O2. The molecule has 4 rings (SSSR count). The zero-order valence-corrected chi connectivity index (χ0v) is 22.7. The van der Waals surface area contributed by atoms with E-state index in [-0.39, 0.29) is 11.5 Å². The van der Waals surface area contributed by atoms with E-state index < -0.39 is 5.72 Å². The van der Waals surface area contributed by atoms with Crippen LogP contribution in [0.4, 0.5) is 5.69 Å². The van der Waals surface area contributed by atoms with E-state index in [1.165, 1.54) is 5.69 Å². The number of hydrogen-bond donors (Lipinski definition) is 0. The number of halogens is 1. The number of piperidine rings is 1. The fraction of sp³-hybridized carbons (Fsp3) is 0.600. The molecule has 34 heavy (non-hydrogen) atoms. The number of piperazine rings is 1. The van der Waals surface area contributed by atoms with Gasteiger partial charge in [-0.3, -0.25) is 9.78 Å². The Labute approximate surface area is 215 Å². The van der Waals surface area contributed by atoms with Gasteiger partial charge in [-0.1, -0.05) is 48.0 Å². The third-order valence-electron chi connectivity index (χ3n) is 6.56. The highest BCUT2D eigenvalue weighted by atomic mass is 79.9. The fourth-order valence-electron chi connectivity index (χ4n) is 5.11. The topological polar surface area (TPSA) is 58.1 Å². The van der Waals surface area contributed by atoms with E-state index in [1.54, 1.807) is 19.1 Å². The number of carbonyl (C=O) groups excluding carboxylic acids is 1. The molecule has 3 aliphatic rings. The highest BCUT2D eigenvalue weighted by Crippen LogP contribution is 2.45. The number of aromatic nitrogens is 1. The van der Waals surface area contributed by atoms with Gasteiger partial charge in [-0.15, -0.1) is 0 Å². The van der Waals surface area contributed by atoms with Crippen molar-refractivity contribution >= 4 is 39.5 Å². The average molecular weight is 552 g/mol. The molecule has 0 saturated carbocycles. The highest BCUT2D eigenvalue weighted by molar-refractivity contribution is 9.09. The quantitative estimate of drug-likeness (QED) is 0.274. The third-order valence-corrected chi connectivity index (χ3v) is 7.93. The molecule has 9 heteroatoms. The van der Waals surface area contributed by atoms with Gasteiger partial charge in [-0.25, -0.2) is 4.31 Å². The number of rotatable bonds is 8. The van der Waals surface area contributed by atoms with Gasteiger partial charge in [0.1, 0.15) is 0 Å². The number of hydrogen-bond acceptors (Lipinski definition) is 7. The Morgan fingerprint density at radius 3 is 2.68 bits per heavy atom. The molecule has 7 nitrogen and oxygen atoms in total. The Morgan fingerprint density at radius 1 is 1.29 bits per heavy atom. The minimum atomic E-state index is -0.752. The molecule has 0 N–H and O–H groups in total. The van der Waals surface area contributed by atoms with Crippen molar-refractivity contribution in [2.75, 3.05) is 56.7 Å². The van der Waals surface area contributed by atoms with Crippen LogP contribution in [0.5, 0.6) is 0 Å². The first-order valence-corrected chi connectivity index (χ1v) is 13.8. The molecular formula is C25H35BrN4O3S. The Kier molecular flexibility index (Phi) is 8.40. The molecule has 0 radical (unpaired) electrons. The summed E-state index contributed by atoms with van der Waals surface area (Å²) < 4.78 is 14.7.